The van der Waals surface area contributed by atoms with Crippen LogP contribution < -0.4 is 4.74 Å². The van der Waals surface area contributed by atoms with Crippen LogP contribution in [0.5, 0.6) is 5.75 Å². The van der Waals surface area contributed by atoms with E-state index in [9.17, 15) is 22.4 Å². The minimum atomic E-state index is -4.77. The summed E-state index contributed by atoms with van der Waals surface area (Å²) in [5, 5.41) is 6.31. The Morgan fingerprint density at radius 3 is 2.70 bits per heavy atom. The molecule has 2 aliphatic rings. The normalized spacial score (nSPS) is 20.6. The lowest BCUT2D eigenvalue weighted by molar-refractivity contribution is -0.177. The minimum absolute atomic E-state index is 0.0324. The molecular formula is C14H11F4N3O2. The van der Waals surface area contributed by atoms with E-state index in [0.29, 0.717) is 11.1 Å². The average molecular weight is 329 g/mol. The highest BCUT2D eigenvalue weighted by Crippen LogP contribution is 2.41. The quantitative estimate of drug-likeness (QED) is 0.783. The largest absolute Gasteiger partial charge is 0.496 e. The minimum Gasteiger partial charge on any atom is -0.496 e. The van der Waals surface area contributed by atoms with Gasteiger partial charge >= 0.3 is 6.18 Å². The lowest BCUT2D eigenvalue weighted by Gasteiger charge is -2.28. The van der Waals surface area contributed by atoms with Gasteiger partial charge < -0.3 is 9.64 Å². The van der Waals surface area contributed by atoms with Gasteiger partial charge in [-0.2, -0.15) is 18.3 Å². The molecule has 0 fully saturated rings. The molecule has 23 heavy (non-hydrogen) atoms. The summed E-state index contributed by atoms with van der Waals surface area (Å²) < 4.78 is 58.1. The molecule has 5 nitrogen and oxygen atoms in total. The predicted octanol–water partition coefficient (Wildman–Crippen LogP) is 3.16. The van der Waals surface area contributed by atoms with Crippen molar-refractivity contribution in [3.05, 3.63) is 41.0 Å². The fraction of sp³-hybridized carbons (Fsp3) is 0.357. The molecular weight excluding hydrogens is 318 g/mol. The number of benzene rings is 1. The molecule has 0 saturated carbocycles. The Balaban J connectivity index is 1.96. The van der Waals surface area contributed by atoms with E-state index < -0.39 is 23.8 Å². The van der Waals surface area contributed by atoms with Crippen molar-refractivity contribution in [1.29, 1.82) is 0 Å². The summed E-state index contributed by atoms with van der Waals surface area (Å²) in [6.45, 7) is 0.102. The van der Waals surface area contributed by atoms with Crippen LogP contribution in [0.4, 0.5) is 17.6 Å². The van der Waals surface area contributed by atoms with Crippen LogP contribution in [-0.4, -0.2) is 24.1 Å². The Morgan fingerprint density at radius 2 is 2.04 bits per heavy atom. The molecule has 0 aliphatic carbocycles. The molecule has 0 bridgehead atoms. The van der Waals surface area contributed by atoms with Gasteiger partial charge in [-0.1, -0.05) is 0 Å². The Labute approximate surface area is 128 Å². The van der Waals surface area contributed by atoms with Crippen molar-refractivity contribution in [2.45, 2.75) is 19.3 Å². The topological polar surface area (TPSA) is 54.3 Å². The highest BCUT2D eigenvalue weighted by atomic mass is 19.4. The number of amides is 1. The summed E-state index contributed by atoms with van der Waals surface area (Å²) in [5.74, 6) is -3.99. The van der Waals surface area contributed by atoms with Crippen LogP contribution in [0.15, 0.2) is 34.3 Å². The van der Waals surface area contributed by atoms with Gasteiger partial charge in [0, 0.05) is 24.7 Å². The van der Waals surface area contributed by atoms with Crippen LogP contribution in [-0.2, 0) is 17.9 Å². The number of carbonyl (C=O) groups is 1. The third-order valence-corrected chi connectivity index (χ3v) is 3.78. The first-order valence-corrected chi connectivity index (χ1v) is 6.63. The second-order valence-corrected chi connectivity index (χ2v) is 5.18. The van der Waals surface area contributed by atoms with Gasteiger partial charge in [0.15, 0.2) is 5.92 Å². The number of nitrogens with zero attached hydrogens (tertiary/aromatic N) is 3. The van der Waals surface area contributed by atoms with E-state index in [1.54, 1.807) is 0 Å². The van der Waals surface area contributed by atoms with E-state index in [0.717, 1.165) is 6.20 Å². The van der Waals surface area contributed by atoms with Gasteiger partial charge in [0.05, 0.1) is 19.0 Å². The lowest BCUT2D eigenvalue weighted by Crippen LogP contribution is -2.38. The number of methoxy groups -OCH3 is 1. The van der Waals surface area contributed by atoms with Gasteiger partial charge in [0.25, 0.3) is 5.91 Å². The molecule has 1 atom stereocenters. The first-order valence-electron chi connectivity index (χ1n) is 6.63. The van der Waals surface area contributed by atoms with E-state index >= 15 is 0 Å². The Hall–Kier alpha value is -2.45. The number of hydrogen-bond acceptors (Lipinski definition) is 4. The molecule has 122 valence electrons. The molecule has 1 aromatic rings. The molecule has 0 radical (unpaired) electrons. The first kappa shape index (κ1) is 15.4. The van der Waals surface area contributed by atoms with Crippen molar-refractivity contribution in [3.8, 4) is 5.75 Å². The number of ether oxygens (including phenoxy) is 1. The number of rotatable bonds is 2. The SMILES string of the molecule is COc1cc(F)cc2c1CN(C1=CN=NC(=O)C1C(F)(F)F)C2. The maximum atomic E-state index is 13.5. The average Bonchev–Trinajstić information content (AvgIpc) is 2.88. The van der Waals surface area contributed by atoms with Crippen LogP contribution in [0.3, 0.4) is 0 Å². The Morgan fingerprint density at radius 1 is 1.30 bits per heavy atom. The third kappa shape index (κ3) is 2.66. The molecule has 0 spiro atoms. The van der Waals surface area contributed by atoms with Crippen LogP contribution in [0.1, 0.15) is 11.1 Å². The van der Waals surface area contributed by atoms with Gasteiger partial charge in [-0.15, -0.1) is 5.11 Å². The Kier molecular flexibility index (Phi) is 3.57. The zero-order valence-electron chi connectivity index (χ0n) is 11.9. The number of alkyl halides is 3. The van der Waals surface area contributed by atoms with Gasteiger partial charge in [-0.05, 0) is 11.6 Å². The lowest BCUT2D eigenvalue weighted by atomic mass is 10.0. The summed E-state index contributed by atoms with van der Waals surface area (Å²) in [6, 6.07) is 2.41. The molecule has 2 aliphatic heterocycles. The van der Waals surface area contributed by atoms with Crippen molar-refractivity contribution < 1.29 is 27.1 Å². The first-order chi connectivity index (χ1) is 10.8. The summed E-state index contributed by atoms with van der Waals surface area (Å²) in [6.07, 6.45) is -3.85. The zero-order chi connectivity index (χ0) is 16.8. The molecule has 2 heterocycles. The van der Waals surface area contributed by atoms with E-state index in [2.05, 4.69) is 10.2 Å². The molecule has 3 rings (SSSR count). The highest BCUT2D eigenvalue weighted by Gasteiger charge is 2.50. The van der Waals surface area contributed by atoms with E-state index in [4.69, 9.17) is 4.74 Å². The number of fused-ring (bicyclic) bond motifs is 1. The summed E-state index contributed by atoms with van der Waals surface area (Å²) >= 11 is 0. The molecule has 0 aromatic heterocycles. The molecule has 0 N–H and O–H groups in total. The molecule has 1 aromatic carbocycles. The maximum absolute atomic E-state index is 13.5. The van der Waals surface area contributed by atoms with Crippen molar-refractivity contribution in [2.24, 2.45) is 16.1 Å². The van der Waals surface area contributed by atoms with Gasteiger partial charge in [0.1, 0.15) is 11.6 Å². The van der Waals surface area contributed by atoms with Crippen LogP contribution in [0, 0.1) is 11.7 Å². The fourth-order valence-electron chi connectivity index (χ4n) is 2.78. The van der Waals surface area contributed by atoms with Gasteiger partial charge in [-0.25, -0.2) is 4.39 Å². The van der Waals surface area contributed by atoms with Crippen molar-refractivity contribution in [1.82, 2.24) is 4.90 Å². The molecule has 1 unspecified atom stereocenters. The smallest absolute Gasteiger partial charge is 0.406 e. The number of azo groups is 1. The number of halogens is 4. The van der Waals surface area contributed by atoms with E-state index in [-0.39, 0.29) is 24.5 Å². The predicted molar refractivity (Wildman–Crippen MR) is 69.7 cm³/mol. The standard InChI is InChI=1S/C14H11F4N3O2/c1-23-11-3-8(15)2-7-5-21(6-9(7)11)10-4-19-20-13(22)12(10)14(16,17)18/h2-4,12H,5-6H2,1H3. The van der Waals surface area contributed by atoms with E-state index in [1.807, 2.05) is 0 Å². The van der Waals surface area contributed by atoms with Crippen molar-refractivity contribution in [3.63, 3.8) is 0 Å². The Bertz CT molecular complexity index is 727. The van der Waals surface area contributed by atoms with E-state index in [1.165, 1.54) is 24.1 Å². The third-order valence-electron chi connectivity index (χ3n) is 3.78. The number of hydrogen-bond donors (Lipinski definition) is 0. The summed E-state index contributed by atoms with van der Waals surface area (Å²) in [5.41, 5.74) is 0.806. The summed E-state index contributed by atoms with van der Waals surface area (Å²) in [4.78, 5) is 12.9. The van der Waals surface area contributed by atoms with Crippen LogP contribution in [0.25, 0.3) is 0 Å². The van der Waals surface area contributed by atoms with Crippen molar-refractivity contribution in [2.75, 3.05) is 7.11 Å². The highest BCUT2D eigenvalue weighted by molar-refractivity contribution is 5.83. The zero-order valence-corrected chi connectivity index (χ0v) is 11.9. The monoisotopic (exact) mass is 329 g/mol. The second-order valence-electron chi connectivity index (χ2n) is 5.18. The van der Waals surface area contributed by atoms with Crippen molar-refractivity contribution >= 4 is 5.91 Å². The number of carbonyl (C=O) groups excluding carboxylic acids is 1. The summed E-state index contributed by atoms with van der Waals surface area (Å²) in [7, 11) is 1.36. The van der Waals surface area contributed by atoms with Gasteiger partial charge in [0.2, 0.25) is 0 Å². The molecule has 1 amide bonds. The molecule has 9 heteroatoms. The second kappa shape index (κ2) is 5.32. The van der Waals surface area contributed by atoms with Gasteiger partial charge in [-0.3, -0.25) is 4.79 Å². The molecule has 0 saturated heterocycles. The fourth-order valence-corrected chi connectivity index (χ4v) is 2.78. The van der Waals surface area contributed by atoms with Crippen LogP contribution in [0.2, 0.25) is 0 Å². The van der Waals surface area contributed by atoms with Crippen LogP contribution >= 0.6 is 0 Å². The maximum Gasteiger partial charge on any atom is 0.406 e.